The highest BCUT2D eigenvalue weighted by Crippen LogP contribution is 2.28. The summed E-state index contributed by atoms with van der Waals surface area (Å²) in [4.78, 5) is 23.5. The molecule has 0 aliphatic carbocycles. The van der Waals surface area contributed by atoms with Crippen molar-refractivity contribution in [1.82, 2.24) is 5.32 Å². The first-order valence-electron chi connectivity index (χ1n) is 7.87. The molecule has 0 unspecified atom stereocenters. The van der Waals surface area contributed by atoms with Gasteiger partial charge in [0, 0.05) is 12.1 Å². The molecule has 0 fully saturated rings. The van der Waals surface area contributed by atoms with E-state index in [2.05, 4.69) is 5.32 Å². The van der Waals surface area contributed by atoms with Gasteiger partial charge in [0.25, 0.3) is 5.91 Å². The topological polar surface area (TPSA) is 73.9 Å². The Balaban J connectivity index is 2.68. The molecule has 0 saturated heterocycles. The summed E-state index contributed by atoms with van der Waals surface area (Å²) in [6, 6.07) is 5.31. The van der Waals surface area contributed by atoms with Crippen LogP contribution in [0.5, 0.6) is 11.5 Å². The number of amides is 1. The molecule has 1 rings (SSSR count). The van der Waals surface area contributed by atoms with Crippen molar-refractivity contribution in [3.8, 4) is 11.5 Å². The van der Waals surface area contributed by atoms with E-state index in [4.69, 9.17) is 14.2 Å². The van der Waals surface area contributed by atoms with Crippen molar-refractivity contribution in [3.63, 3.8) is 0 Å². The maximum Gasteiger partial charge on any atom is 0.331 e. The van der Waals surface area contributed by atoms with Crippen LogP contribution in [0, 0.1) is 0 Å². The first kappa shape index (κ1) is 19.5. The van der Waals surface area contributed by atoms with Crippen molar-refractivity contribution in [2.45, 2.75) is 39.8 Å². The number of hydrogen-bond acceptors (Lipinski definition) is 5. The summed E-state index contributed by atoms with van der Waals surface area (Å²) in [5.74, 6) is 0.305. The van der Waals surface area contributed by atoms with E-state index in [1.165, 1.54) is 13.0 Å². The lowest BCUT2D eigenvalue weighted by Gasteiger charge is -2.14. The molecule has 132 valence electrons. The zero-order valence-electron chi connectivity index (χ0n) is 14.8. The average Bonchev–Trinajstić information content (AvgIpc) is 2.53. The van der Waals surface area contributed by atoms with Crippen molar-refractivity contribution in [2.75, 3.05) is 13.7 Å². The van der Waals surface area contributed by atoms with Crippen molar-refractivity contribution >= 4 is 18.0 Å². The van der Waals surface area contributed by atoms with E-state index in [-0.39, 0.29) is 11.9 Å². The molecule has 1 atom stereocenters. The number of carbonyl (C=O) groups excluding carboxylic acids is 2. The lowest BCUT2D eigenvalue weighted by Crippen LogP contribution is -2.39. The summed E-state index contributed by atoms with van der Waals surface area (Å²) in [6.45, 7) is 7.63. The van der Waals surface area contributed by atoms with E-state index < -0.39 is 12.1 Å². The Morgan fingerprint density at radius 2 is 1.92 bits per heavy atom. The molecular formula is C18H25NO5. The Bertz CT molecular complexity index is 595. The number of nitrogens with one attached hydrogen (secondary N) is 1. The Labute approximate surface area is 142 Å². The van der Waals surface area contributed by atoms with Gasteiger partial charge in [-0.3, -0.25) is 4.79 Å². The molecule has 0 radical (unpaired) electrons. The van der Waals surface area contributed by atoms with Gasteiger partial charge in [-0.15, -0.1) is 0 Å². The van der Waals surface area contributed by atoms with Crippen LogP contribution in [0.15, 0.2) is 24.3 Å². The molecule has 0 heterocycles. The zero-order chi connectivity index (χ0) is 18.1. The number of benzene rings is 1. The van der Waals surface area contributed by atoms with Crippen LogP contribution in [0.25, 0.3) is 6.08 Å². The summed E-state index contributed by atoms with van der Waals surface area (Å²) in [5.41, 5.74) is 0.756. The van der Waals surface area contributed by atoms with Gasteiger partial charge in [0.1, 0.15) is 0 Å². The van der Waals surface area contributed by atoms with E-state index in [1.54, 1.807) is 31.4 Å². The van der Waals surface area contributed by atoms with E-state index in [0.29, 0.717) is 18.1 Å². The first-order valence-corrected chi connectivity index (χ1v) is 7.87. The molecule has 0 aliphatic rings. The third-order valence-electron chi connectivity index (χ3n) is 2.99. The van der Waals surface area contributed by atoms with E-state index in [1.807, 2.05) is 20.8 Å². The summed E-state index contributed by atoms with van der Waals surface area (Å²) in [5, 5.41) is 2.68. The molecule has 1 aromatic carbocycles. The predicted octanol–water partition coefficient (Wildman–Crippen LogP) is 2.56. The first-order chi connectivity index (χ1) is 11.4. The van der Waals surface area contributed by atoms with Crippen LogP contribution in [0.2, 0.25) is 0 Å². The molecule has 0 bridgehead atoms. The number of methoxy groups -OCH3 is 1. The Kier molecular flexibility index (Phi) is 7.82. The van der Waals surface area contributed by atoms with Gasteiger partial charge in [-0.05, 0) is 51.5 Å². The zero-order valence-corrected chi connectivity index (χ0v) is 14.8. The number of carbonyl (C=O) groups is 2. The second kappa shape index (κ2) is 9.60. The van der Waals surface area contributed by atoms with E-state index >= 15 is 0 Å². The predicted molar refractivity (Wildman–Crippen MR) is 92.0 cm³/mol. The number of rotatable bonds is 8. The third-order valence-corrected chi connectivity index (χ3v) is 2.99. The molecular weight excluding hydrogens is 310 g/mol. The molecule has 6 nitrogen and oxygen atoms in total. The van der Waals surface area contributed by atoms with Gasteiger partial charge in [0.2, 0.25) is 0 Å². The second-order valence-electron chi connectivity index (χ2n) is 5.42. The van der Waals surface area contributed by atoms with E-state index in [0.717, 1.165) is 5.56 Å². The average molecular weight is 335 g/mol. The monoisotopic (exact) mass is 335 g/mol. The molecule has 1 amide bonds. The highest BCUT2D eigenvalue weighted by atomic mass is 16.5. The summed E-state index contributed by atoms with van der Waals surface area (Å²) >= 11 is 0. The fourth-order valence-electron chi connectivity index (χ4n) is 1.90. The van der Waals surface area contributed by atoms with Crippen molar-refractivity contribution < 1.29 is 23.8 Å². The van der Waals surface area contributed by atoms with E-state index in [9.17, 15) is 9.59 Å². The van der Waals surface area contributed by atoms with Gasteiger partial charge in [-0.1, -0.05) is 6.07 Å². The lowest BCUT2D eigenvalue weighted by molar-refractivity contribution is -0.150. The second-order valence-corrected chi connectivity index (χ2v) is 5.42. The molecule has 0 spiro atoms. The van der Waals surface area contributed by atoms with Gasteiger partial charge < -0.3 is 19.5 Å². The van der Waals surface area contributed by atoms with Gasteiger partial charge in [-0.25, -0.2) is 4.79 Å². The number of ether oxygens (including phenoxy) is 3. The van der Waals surface area contributed by atoms with Crippen molar-refractivity contribution in [2.24, 2.45) is 0 Å². The summed E-state index contributed by atoms with van der Waals surface area (Å²) < 4.78 is 15.7. The SMILES string of the molecule is CCOc1ccc(/C=C/C(=O)O[C@H](C)C(=O)NC(C)C)cc1OC. The van der Waals surface area contributed by atoms with Gasteiger partial charge in [-0.2, -0.15) is 0 Å². The minimum atomic E-state index is -0.848. The minimum Gasteiger partial charge on any atom is -0.493 e. The number of hydrogen-bond donors (Lipinski definition) is 1. The molecule has 24 heavy (non-hydrogen) atoms. The standard InChI is InChI=1S/C18H25NO5/c1-6-23-15-9-7-14(11-16(15)22-5)8-10-17(20)24-13(4)18(21)19-12(2)3/h7-13H,6H2,1-5H3,(H,19,21)/b10-8+/t13-/m1/s1. The molecule has 0 aromatic heterocycles. The number of esters is 1. The van der Waals surface area contributed by atoms with Crippen LogP contribution in [0.1, 0.15) is 33.3 Å². The van der Waals surface area contributed by atoms with Crippen LogP contribution in [-0.2, 0) is 14.3 Å². The van der Waals surface area contributed by atoms with Crippen LogP contribution in [0.4, 0.5) is 0 Å². The maximum atomic E-state index is 11.8. The highest BCUT2D eigenvalue weighted by Gasteiger charge is 2.16. The summed E-state index contributed by atoms with van der Waals surface area (Å²) in [6.07, 6.45) is 2.02. The van der Waals surface area contributed by atoms with Gasteiger partial charge in [0.15, 0.2) is 17.6 Å². The van der Waals surface area contributed by atoms with Gasteiger partial charge in [0.05, 0.1) is 13.7 Å². The van der Waals surface area contributed by atoms with Crippen molar-refractivity contribution in [3.05, 3.63) is 29.8 Å². The largest absolute Gasteiger partial charge is 0.493 e. The minimum absolute atomic E-state index is 0.00878. The lowest BCUT2D eigenvalue weighted by atomic mass is 10.2. The third kappa shape index (κ3) is 6.32. The van der Waals surface area contributed by atoms with Gasteiger partial charge >= 0.3 is 5.97 Å². The molecule has 0 aliphatic heterocycles. The summed E-state index contributed by atoms with van der Waals surface area (Å²) in [7, 11) is 1.55. The van der Waals surface area contributed by atoms with Crippen molar-refractivity contribution in [1.29, 1.82) is 0 Å². The van der Waals surface area contributed by atoms with Crippen LogP contribution < -0.4 is 14.8 Å². The van der Waals surface area contributed by atoms with Crippen LogP contribution in [0.3, 0.4) is 0 Å². The fraction of sp³-hybridized carbons (Fsp3) is 0.444. The Hall–Kier alpha value is -2.50. The fourth-order valence-corrected chi connectivity index (χ4v) is 1.90. The molecule has 1 aromatic rings. The van der Waals surface area contributed by atoms with Crippen LogP contribution in [-0.4, -0.2) is 37.7 Å². The van der Waals surface area contributed by atoms with Crippen LogP contribution >= 0.6 is 0 Å². The maximum absolute atomic E-state index is 11.8. The Morgan fingerprint density at radius 3 is 2.50 bits per heavy atom. The molecule has 0 saturated carbocycles. The Morgan fingerprint density at radius 1 is 1.21 bits per heavy atom. The molecule has 1 N–H and O–H groups in total. The molecule has 6 heteroatoms. The normalized spacial score (nSPS) is 12.1. The smallest absolute Gasteiger partial charge is 0.331 e. The highest BCUT2D eigenvalue weighted by molar-refractivity contribution is 5.90. The quantitative estimate of drug-likeness (QED) is 0.584.